The molecule has 11 heavy (non-hydrogen) atoms. The monoisotopic (exact) mass is 170 g/mol. The van der Waals surface area contributed by atoms with Crippen LogP contribution in [0, 0.1) is 0 Å². The Labute approximate surface area is 71.9 Å². The summed E-state index contributed by atoms with van der Waals surface area (Å²) in [4.78, 5) is 4.44. The molecular formula is C8H14N2S. The van der Waals surface area contributed by atoms with Crippen molar-refractivity contribution >= 4 is 16.9 Å². The van der Waals surface area contributed by atoms with Gasteiger partial charge in [-0.05, 0) is 19.3 Å². The highest BCUT2D eigenvalue weighted by Gasteiger charge is 2.25. The summed E-state index contributed by atoms with van der Waals surface area (Å²) in [6, 6.07) is 0.761. The van der Waals surface area contributed by atoms with Crippen molar-refractivity contribution in [1.82, 2.24) is 5.32 Å². The van der Waals surface area contributed by atoms with E-state index in [-0.39, 0.29) is 0 Å². The van der Waals surface area contributed by atoms with E-state index in [4.69, 9.17) is 0 Å². The van der Waals surface area contributed by atoms with Crippen LogP contribution in [0.1, 0.15) is 26.2 Å². The number of hydrogen-bond acceptors (Lipinski definition) is 3. The summed E-state index contributed by atoms with van der Waals surface area (Å²) < 4.78 is 0. The van der Waals surface area contributed by atoms with Gasteiger partial charge in [-0.15, -0.1) is 0 Å². The predicted molar refractivity (Wildman–Crippen MR) is 50.1 cm³/mol. The molecule has 0 aromatic heterocycles. The molecule has 1 unspecified atom stereocenters. The van der Waals surface area contributed by atoms with Gasteiger partial charge in [-0.1, -0.05) is 18.7 Å². The Morgan fingerprint density at radius 3 is 3.00 bits per heavy atom. The van der Waals surface area contributed by atoms with Crippen LogP contribution in [0.4, 0.5) is 0 Å². The summed E-state index contributed by atoms with van der Waals surface area (Å²) >= 11 is 1.92. The van der Waals surface area contributed by atoms with Crippen molar-refractivity contribution in [1.29, 1.82) is 0 Å². The summed E-state index contributed by atoms with van der Waals surface area (Å²) in [7, 11) is 0. The summed E-state index contributed by atoms with van der Waals surface area (Å²) in [6.07, 6.45) is 3.93. The Morgan fingerprint density at radius 2 is 2.45 bits per heavy atom. The Morgan fingerprint density at radius 1 is 1.64 bits per heavy atom. The van der Waals surface area contributed by atoms with Crippen molar-refractivity contribution in [3.05, 3.63) is 0 Å². The van der Waals surface area contributed by atoms with E-state index in [0.717, 1.165) is 17.8 Å². The molecule has 0 bridgehead atoms. The van der Waals surface area contributed by atoms with Crippen LogP contribution in [0.3, 0.4) is 0 Å². The second-order valence-corrected chi connectivity index (χ2v) is 4.50. The molecule has 0 saturated heterocycles. The molecule has 1 heterocycles. The molecule has 2 nitrogen and oxygen atoms in total. The highest BCUT2D eigenvalue weighted by molar-refractivity contribution is 8.14. The number of hydrogen-bond donors (Lipinski definition) is 1. The normalized spacial score (nSPS) is 30.3. The smallest absolute Gasteiger partial charge is 0.157 e. The van der Waals surface area contributed by atoms with Gasteiger partial charge in [0.2, 0.25) is 0 Å². The lowest BCUT2D eigenvalue weighted by atomic mass is 10.3. The SMILES string of the molecule is CCC1CN=C(NC2CC2)S1. The number of nitrogens with one attached hydrogen (secondary N) is 1. The van der Waals surface area contributed by atoms with E-state index in [2.05, 4.69) is 17.2 Å². The minimum atomic E-state index is 0.747. The molecule has 0 aromatic carbocycles. The molecule has 2 aliphatic rings. The third-order valence-corrected chi connectivity index (χ3v) is 3.36. The van der Waals surface area contributed by atoms with Crippen molar-refractivity contribution < 1.29 is 0 Å². The van der Waals surface area contributed by atoms with Gasteiger partial charge in [0.1, 0.15) is 0 Å². The average molecular weight is 170 g/mol. The molecular weight excluding hydrogens is 156 g/mol. The molecule has 0 radical (unpaired) electrons. The van der Waals surface area contributed by atoms with E-state index in [0.29, 0.717) is 0 Å². The molecule has 1 atom stereocenters. The van der Waals surface area contributed by atoms with Crippen molar-refractivity contribution in [2.75, 3.05) is 6.54 Å². The van der Waals surface area contributed by atoms with Crippen LogP contribution >= 0.6 is 11.8 Å². The van der Waals surface area contributed by atoms with Gasteiger partial charge >= 0.3 is 0 Å². The highest BCUT2D eigenvalue weighted by atomic mass is 32.2. The van der Waals surface area contributed by atoms with Gasteiger partial charge in [0.15, 0.2) is 5.17 Å². The van der Waals surface area contributed by atoms with Gasteiger partial charge in [-0.25, -0.2) is 0 Å². The van der Waals surface area contributed by atoms with Crippen molar-refractivity contribution in [3.63, 3.8) is 0 Å². The molecule has 62 valence electrons. The topological polar surface area (TPSA) is 24.4 Å². The minimum absolute atomic E-state index is 0.747. The van der Waals surface area contributed by atoms with Crippen LogP contribution in [0.2, 0.25) is 0 Å². The van der Waals surface area contributed by atoms with Crippen LogP contribution < -0.4 is 5.32 Å². The maximum atomic E-state index is 4.44. The van der Waals surface area contributed by atoms with Crippen LogP contribution in [0.15, 0.2) is 4.99 Å². The molecule has 3 heteroatoms. The Hall–Kier alpha value is -0.180. The van der Waals surface area contributed by atoms with E-state index in [1.54, 1.807) is 0 Å². The first-order chi connectivity index (χ1) is 5.38. The van der Waals surface area contributed by atoms with Gasteiger partial charge < -0.3 is 5.32 Å². The first-order valence-electron chi connectivity index (χ1n) is 4.36. The molecule has 0 aromatic rings. The third kappa shape index (κ3) is 1.89. The first-order valence-corrected chi connectivity index (χ1v) is 5.24. The first kappa shape index (κ1) is 7.47. The van der Waals surface area contributed by atoms with E-state index < -0.39 is 0 Å². The molecule has 0 spiro atoms. The van der Waals surface area contributed by atoms with Crippen LogP contribution in [-0.4, -0.2) is 23.0 Å². The number of amidine groups is 1. The van der Waals surface area contributed by atoms with Crippen molar-refractivity contribution in [2.45, 2.75) is 37.5 Å². The van der Waals surface area contributed by atoms with E-state index in [1.807, 2.05) is 11.8 Å². The van der Waals surface area contributed by atoms with Gasteiger partial charge in [-0.3, -0.25) is 4.99 Å². The van der Waals surface area contributed by atoms with Gasteiger partial charge in [0, 0.05) is 11.3 Å². The van der Waals surface area contributed by atoms with Crippen LogP contribution in [0.5, 0.6) is 0 Å². The summed E-state index contributed by atoms with van der Waals surface area (Å²) in [5, 5.41) is 5.37. The quantitative estimate of drug-likeness (QED) is 0.681. The zero-order chi connectivity index (χ0) is 7.68. The Balaban J connectivity index is 1.77. The average Bonchev–Trinajstić information content (AvgIpc) is 2.68. The molecule has 1 aliphatic carbocycles. The largest absolute Gasteiger partial charge is 0.362 e. The molecule has 2 rings (SSSR count). The van der Waals surface area contributed by atoms with Crippen LogP contribution in [0.25, 0.3) is 0 Å². The molecule has 1 saturated carbocycles. The summed E-state index contributed by atoms with van der Waals surface area (Å²) in [6.45, 7) is 3.25. The standard InChI is InChI=1S/C8H14N2S/c1-2-7-5-9-8(11-7)10-6-3-4-6/h6-7H,2-5H2,1H3,(H,9,10). The van der Waals surface area contributed by atoms with E-state index in [1.165, 1.54) is 24.4 Å². The van der Waals surface area contributed by atoms with Crippen LogP contribution in [-0.2, 0) is 0 Å². The fourth-order valence-electron chi connectivity index (χ4n) is 1.11. The van der Waals surface area contributed by atoms with E-state index in [9.17, 15) is 0 Å². The predicted octanol–water partition coefficient (Wildman–Crippen LogP) is 1.62. The summed E-state index contributed by atoms with van der Waals surface area (Å²) in [5.41, 5.74) is 0. The Bertz CT molecular complexity index is 175. The second-order valence-electron chi connectivity index (χ2n) is 3.21. The number of nitrogens with zero attached hydrogens (tertiary/aromatic N) is 1. The molecule has 0 amide bonds. The van der Waals surface area contributed by atoms with Gasteiger partial charge in [-0.2, -0.15) is 0 Å². The Kier molecular flexibility index (Phi) is 2.07. The molecule has 1 aliphatic heterocycles. The molecule has 1 N–H and O–H groups in total. The highest BCUT2D eigenvalue weighted by Crippen LogP contribution is 2.26. The third-order valence-electron chi connectivity index (χ3n) is 2.08. The number of aliphatic imine (C=N–C) groups is 1. The minimum Gasteiger partial charge on any atom is -0.362 e. The van der Waals surface area contributed by atoms with E-state index >= 15 is 0 Å². The maximum absolute atomic E-state index is 4.44. The zero-order valence-corrected chi connectivity index (χ0v) is 7.66. The fraction of sp³-hybridized carbons (Fsp3) is 0.875. The lowest BCUT2D eigenvalue weighted by Gasteiger charge is -2.04. The summed E-state index contributed by atoms with van der Waals surface area (Å²) in [5.74, 6) is 0. The van der Waals surface area contributed by atoms with Crippen molar-refractivity contribution in [2.24, 2.45) is 4.99 Å². The lowest BCUT2D eigenvalue weighted by molar-refractivity contribution is 0.839. The number of rotatable bonds is 2. The van der Waals surface area contributed by atoms with Gasteiger partial charge in [0.05, 0.1) is 6.54 Å². The lowest BCUT2D eigenvalue weighted by Crippen LogP contribution is -2.21. The van der Waals surface area contributed by atoms with Gasteiger partial charge in [0.25, 0.3) is 0 Å². The second kappa shape index (κ2) is 3.05. The fourth-order valence-corrected chi connectivity index (χ4v) is 2.13. The molecule has 1 fully saturated rings. The van der Waals surface area contributed by atoms with Crippen molar-refractivity contribution in [3.8, 4) is 0 Å². The number of thioether (sulfide) groups is 1. The zero-order valence-electron chi connectivity index (χ0n) is 6.84. The maximum Gasteiger partial charge on any atom is 0.157 e.